The summed E-state index contributed by atoms with van der Waals surface area (Å²) in [4.78, 5) is 25.3. The third-order valence-corrected chi connectivity index (χ3v) is 4.25. The number of carbonyl (C=O) groups is 2. The fourth-order valence-corrected chi connectivity index (χ4v) is 2.97. The van der Waals surface area contributed by atoms with Gasteiger partial charge in [0.1, 0.15) is 5.75 Å². The number of ether oxygens (including phenoxy) is 2. The number of nitrogens with one attached hydrogen (secondary N) is 2. The van der Waals surface area contributed by atoms with Crippen LogP contribution in [0.3, 0.4) is 0 Å². The summed E-state index contributed by atoms with van der Waals surface area (Å²) in [6.45, 7) is 2.30. The molecule has 1 fully saturated rings. The molecule has 2 N–H and O–H groups in total. The van der Waals surface area contributed by atoms with Crippen molar-refractivity contribution in [2.75, 3.05) is 32.1 Å². The standard InChI is InChI=1S/C16H21N3O4/c1-22-15(20)10-23-13-2-3-14-11(8-13)9-19(16(21)18-14)12-4-6-17-7-5-12/h2-3,8,12,17H,4-7,9-10H2,1H3,(H,18,21). The van der Waals surface area contributed by atoms with Gasteiger partial charge in [-0.1, -0.05) is 0 Å². The number of piperidine rings is 1. The monoisotopic (exact) mass is 319 g/mol. The van der Waals surface area contributed by atoms with Gasteiger partial charge in [0.25, 0.3) is 0 Å². The van der Waals surface area contributed by atoms with Crippen LogP contribution in [0.4, 0.5) is 10.5 Å². The Kier molecular flexibility index (Phi) is 4.66. The van der Waals surface area contributed by atoms with Crippen molar-refractivity contribution < 1.29 is 19.1 Å². The summed E-state index contributed by atoms with van der Waals surface area (Å²) in [5.74, 6) is 0.169. The molecule has 7 heteroatoms. The van der Waals surface area contributed by atoms with Gasteiger partial charge in [-0.2, -0.15) is 0 Å². The van der Waals surface area contributed by atoms with Crippen LogP contribution in [0.1, 0.15) is 18.4 Å². The maximum absolute atomic E-state index is 12.3. The van der Waals surface area contributed by atoms with Crippen LogP contribution >= 0.6 is 0 Å². The molecule has 0 bridgehead atoms. The van der Waals surface area contributed by atoms with E-state index in [9.17, 15) is 9.59 Å². The molecule has 124 valence electrons. The largest absolute Gasteiger partial charge is 0.482 e. The van der Waals surface area contributed by atoms with E-state index < -0.39 is 5.97 Å². The van der Waals surface area contributed by atoms with Crippen LogP contribution in [0.25, 0.3) is 0 Å². The normalized spacial score (nSPS) is 18.1. The number of carbonyl (C=O) groups excluding carboxylic acids is 2. The van der Waals surface area contributed by atoms with Crippen molar-refractivity contribution in [3.05, 3.63) is 23.8 Å². The summed E-state index contributed by atoms with van der Waals surface area (Å²) < 4.78 is 9.98. The SMILES string of the molecule is COC(=O)COc1ccc2c(c1)CN(C1CCNCC1)C(=O)N2. The minimum Gasteiger partial charge on any atom is -0.482 e. The Morgan fingerprint density at radius 3 is 2.87 bits per heavy atom. The lowest BCUT2D eigenvalue weighted by Gasteiger charge is -2.38. The molecule has 2 aliphatic rings. The molecule has 1 aromatic carbocycles. The van der Waals surface area contributed by atoms with Crippen molar-refractivity contribution in [1.29, 1.82) is 0 Å². The first-order valence-electron chi connectivity index (χ1n) is 7.78. The lowest BCUT2D eigenvalue weighted by atomic mass is 10.0. The first-order valence-corrected chi connectivity index (χ1v) is 7.78. The minimum absolute atomic E-state index is 0.0485. The van der Waals surface area contributed by atoms with Gasteiger partial charge in [0.05, 0.1) is 7.11 Å². The van der Waals surface area contributed by atoms with Gasteiger partial charge in [-0.15, -0.1) is 0 Å². The average molecular weight is 319 g/mol. The highest BCUT2D eigenvalue weighted by molar-refractivity contribution is 5.92. The second-order valence-corrected chi connectivity index (χ2v) is 5.72. The molecule has 0 radical (unpaired) electrons. The molecule has 0 unspecified atom stereocenters. The highest BCUT2D eigenvalue weighted by Gasteiger charge is 2.30. The Morgan fingerprint density at radius 2 is 2.13 bits per heavy atom. The van der Waals surface area contributed by atoms with Gasteiger partial charge in [-0.3, -0.25) is 0 Å². The van der Waals surface area contributed by atoms with Gasteiger partial charge in [0.15, 0.2) is 6.61 Å². The third-order valence-electron chi connectivity index (χ3n) is 4.25. The van der Waals surface area contributed by atoms with E-state index >= 15 is 0 Å². The Labute approximate surface area is 134 Å². The quantitative estimate of drug-likeness (QED) is 0.819. The van der Waals surface area contributed by atoms with Crippen molar-refractivity contribution in [2.24, 2.45) is 0 Å². The molecular weight excluding hydrogens is 298 g/mol. The molecule has 0 atom stereocenters. The summed E-state index contributed by atoms with van der Waals surface area (Å²) in [6.07, 6.45) is 1.92. The fraction of sp³-hybridized carbons (Fsp3) is 0.500. The van der Waals surface area contributed by atoms with E-state index in [1.165, 1.54) is 7.11 Å². The number of esters is 1. The molecule has 3 rings (SSSR count). The van der Waals surface area contributed by atoms with E-state index in [0.29, 0.717) is 12.3 Å². The molecule has 2 heterocycles. The van der Waals surface area contributed by atoms with Gasteiger partial charge in [0, 0.05) is 18.3 Å². The van der Waals surface area contributed by atoms with Gasteiger partial charge < -0.3 is 25.0 Å². The smallest absolute Gasteiger partial charge is 0.343 e. The van der Waals surface area contributed by atoms with E-state index in [4.69, 9.17) is 4.74 Å². The van der Waals surface area contributed by atoms with E-state index in [1.54, 1.807) is 12.1 Å². The molecule has 0 aliphatic carbocycles. The van der Waals surface area contributed by atoms with Crippen molar-refractivity contribution in [1.82, 2.24) is 10.2 Å². The average Bonchev–Trinajstić information content (AvgIpc) is 2.59. The highest BCUT2D eigenvalue weighted by atomic mass is 16.6. The zero-order valence-electron chi connectivity index (χ0n) is 13.1. The maximum atomic E-state index is 12.3. The zero-order valence-corrected chi connectivity index (χ0v) is 13.1. The summed E-state index contributed by atoms with van der Waals surface area (Å²) in [5.41, 5.74) is 1.79. The lowest BCUT2D eigenvalue weighted by molar-refractivity contribution is -0.142. The second kappa shape index (κ2) is 6.87. The van der Waals surface area contributed by atoms with E-state index in [1.807, 2.05) is 11.0 Å². The molecule has 2 aliphatic heterocycles. The zero-order chi connectivity index (χ0) is 16.2. The van der Waals surface area contributed by atoms with Gasteiger partial charge in [-0.25, -0.2) is 9.59 Å². The van der Waals surface area contributed by atoms with E-state index in [0.717, 1.165) is 37.2 Å². The Morgan fingerprint density at radius 1 is 1.35 bits per heavy atom. The van der Waals surface area contributed by atoms with Crippen LogP contribution in [-0.4, -0.2) is 49.7 Å². The predicted octanol–water partition coefficient (Wildman–Crippen LogP) is 1.34. The molecule has 7 nitrogen and oxygen atoms in total. The van der Waals surface area contributed by atoms with Crippen molar-refractivity contribution in [3.63, 3.8) is 0 Å². The number of hydrogen-bond acceptors (Lipinski definition) is 5. The molecular formula is C16H21N3O4. The molecule has 0 aromatic heterocycles. The Bertz CT molecular complexity index is 599. The van der Waals surface area contributed by atoms with E-state index in [-0.39, 0.29) is 18.7 Å². The van der Waals surface area contributed by atoms with Gasteiger partial charge >= 0.3 is 12.0 Å². The number of urea groups is 1. The summed E-state index contributed by atoms with van der Waals surface area (Å²) in [6, 6.07) is 5.62. The predicted molar refractivity (Wildman–Crippen MR) is 84.4 cm³/mol. The third kappa shape index (κ3) is 3.56. The van der Waals surface area contributed by atoms with Crippen LogP contribution in [0, 0.1) is 0 Å². The van der Waals surface area contributed by atoms with Crippen LogP contribution in [0.2, 0.25) is 0 Å². The van der Waals surface area contributed by atoms with Crippen molar-refractivity contribution in [2.45, 2.75) is 25.4 Å². The first kappa shape index (κ1) is 15.6. The second-order valence-electron chi connectivity index (χ2n) is 5.72. The Hall–Kier alpha value is -2.28. The number of amides is 2. The molecule has 0 spiro atoms. The van der Waals surface area contributed by atoms with Gasteiger partial charge in [-0.05, 0) is 49.7 Å². The number of fused-ring (bicyclic) bond motifs is 1. The molecule has 1 saturated heterocycles. The van der Waals surface area contributed by atoms with Crippen LogP contribution in [0.5, 0.6) is 5.75 Å². The first-order chi connectivity index (χ1) is 11.2. The van der Waals surface area contributed by atoms with E-state index in [2.05, 4.69) is 15.4 Å². The van der Waals surface area contributed by atoms with Crippen molar-refractivity contribution in [3.8, 4) is 5.75 Å². The minimum atomic E-state index is -0.424. The Balaban J connectivity index is 1.71. The van der Waals surface area contributed by atoms with Crippen LogP contribution in [-0.2, 0) is 16.1 Å². The number of anilines is 1. The molecule has 2 amide bonds. The number of benzene rings is 1. The molecule has 0 saturated carbocycles. The number of methoxy groups -OCH3 is 1. The van der Waals surface area contributed by atoms with Crippen LogP contribution in [0.15, 0.2) is 18.2 Å². The lowest BCUT2D eigenvalue weighted by Crippen LogP contribution is -2.49. The maximum Gasteiger partial charge on any atom is 0.343 e. The highest BCUT2D eigenvalue weighted by Crippen LogP contribution is 2.29. The summed E-state index contributed by atoms with van der Waals surface area (Å²) in [5, 5.41) is 6.24. The molecule has 1 aromatic rings. The topological polar surface area (TPSA) is 79.9 Å². The van der Waals surface area contributed by atoms with Crippen molar-refractivity contribution >= 4 is 17.7 Å². The fourth-order valence-electron chi connectivity index (χ4n) is 2.97. The number of rotatable bonds is 4. The summed E-state index contributed by atoms with van der Waals surface area (Å²) in [7, 11) is 1.32. The number of hydrogen-bond donors (Lipinski definition) is 2. The molecule has 23 heavy (non-hydrogen) atoms. The van der Waals surface area contributed by atoms with Gasteiger partial charge in [0.2, 0.25) is 0 Å². The summed E-state index contributed by atoms with van der Waals surface area (Å²) >= 11 is 0. The van der Waals surface area contributed by atoms with Crippen LogP contribution < -0.4 is 15.4 Å². The number of nitrogens with zero attached hydrogens (tertiary/aromatic N) is 1.